The molecule has 24 heavy (non-hydrogen) atoms. The highest BCUT2D eigenvalue weighted by atomic mass is 16.5. The zero-order valence-corrected chi connectivity index (χ0v) is 13.0. The monoisotopic (exact) mass is 324 g/mol. The number of aliphatic carboxylic acids is 1. The number of nitrogens with one attached hydrogen (secondary N) is 1. The van der Waals surface area contributed by atoms with Crippen LogP contribution < -0.4 is 5.32 Å². The van der Waals surface area contributed by atoms with Crippen molar-refractivity contribution in [2.75, 3.05) is 0 Å². The van der Waals surface area contributed by atoms with Gasteiger partial charge in [0.2, 0.25) is 5.91 Å². The Bertz CT molecular complexity index is 886. The highest BCUT2D eigenvalue weighted by Crippen LogP contribution is 2.20. The molecule has 6 nitrogen and oxygen atoms in total. The maximum atomic E-state index is 12.3. The Kier molecular flexibility index (Phi) is 4.29. The van der Waals surface area contributed by atoms with Crippen molar-refractivity contribution < 1.29 is 19.2 Å². The van der Waals surface area contributed by atoms with Crippen LogP contribution in [-0.2, 0) is 16.0 Å². The number of amides is 1. The fourth-order valence-electron chi connectivity index (χ4n) is 2.53. The molecule has 0 bridgehead atoms. The van der Waals surface area contributed by atoms with Gasteiger partial charge in [-0.05, 0) is 24.6 Å². The summed E-state index contributed by atoms with van der Waals surface area (Å²) in [5.74, 6) is -1.54. The molecule has 0 saturated heterocycles. The van der Waals surface area contributed by atoms with Gasteiger partial charge in [0.1, 0.15) is 5.69 Å². The molecular weight excluding hydrogens is 308 g/mol. The van der Waals surface area contributed by atoms with Crippen molar-refractivity contribution in [3.05, 3.63) is 65.4 Å². The fourth-order valence-corrected chi connectivity index (χ4v) is 2.53. The summed E-state index contributed by atoms with van der Waals surface area (Å²) in [6.07, 6.45) is -0.0485. The summed E-state index contributed by atoms with van der Waals surface area (Å²) >= 11 is 0. The van der Waals surface area contributed by atoms with Crippen LogP contribution in [0.2, 0.25) is 0 Å². The highest BCUT2D eigenvalue weighted by Gasteiger charge is 2.23. The summed E-state index contributed by atoms with van der Waals surface area (Å²) in [7, 11) is 0. The van der Waals surface area contributed by atoms with Gasteiger partial charge in [-0.3, -0.25) is 4.79 Å². The summed E-state index contributed by atoms with van der Waals surface area (Å²) in [6, 6.07) is 13.0. The molecule has 122 valence electrons. The number of hydrogen-bond donors (Lipinski definition) is 2. The van der Waals surface area contributed by atoms with E-state index in [0.29, 0.717) is 16.8 Å². The first-order chi connectivity index (χ1) is 11.5. The van der Waals surface area contributed by atoms with Gasteiger partial charge in [0, 0.05) is 5.39 Å². The van der Waals surface area contributed by atoms with Crippen LogP contribution in [0.3, 0.4) is 0 Å². The van der Waals surface area contributed by atoms with Gasteiger partial charge >= 0.3 is 5.97 Å². The smallest absolute Gasteiger partial charge is 0.330 e. The SMILES string of the molecule is Cc1ccc2onc(CC(=O)N[C@H](C(=O)O)c3ccccc3)c2c1. The standard InChI is InChI=1S/C18H16N2O4/c1-11-7-8-15-13(9-11)14(20-24-15)10-16(21)19-17(18(22)23)12-5-3-2-4-6-12/h2-9,17H,10H2,1H3,(H,19,21)(H,22,23)/t17-/m0/s1. The van der Waals surface area contributed by atoms with E-state index in [1.54, 1.807) is 36.4 Å². The lowest BCUT2D eigenvalue weighted by Crippen LogP contribution is -2.34. The normalized spacial score (nSPS) is 12.0. The Morgan fingerprint density at radius 1 is 1.21 bits per heavy atom. The van der Waals surface area contributed by atoms with Crippen LogP contribution in [0.5, 0.6) is 0 Å². The zero-order chi connectivity index (χ0) is 17.1. The lowest BCUT2D eigenvalue weighted by Gasteiger charge is -2.14. The molecule has 0 saturated carbocycles. The minimum Gasteiger partial charge on any atom is -0.479 e. The van der Waals surface area contributed by atoms with Crippen molar-refractivity contribution in [3.8, 4) is 0 Å². The second kappa shape index (κ2) is 6.54. The number of hydrogen-bond acceptors (Lipinski definition) is 4. The molecule has 3 aromatic rings. The molecule has 0 aliphatic heterocycles. The largest absolute Gasteiger partial charge is 0.479 e. The molecule has 0 aliphatic carbocycles. The summed E-state index contributed by atoms with van der Waals surface area (Å²) in [6.45, 7) is 1.94. The minimum absolute atomic E-state index is 0.0485. The van der Waals surface area contributed by atoms with Crippen LogP contribution in [-0.4, -0.2) is 22.1 Å². The molecule has 0 spiro atoms. The molecule has 1 heterocycles. The lowest BCUT2D eigenvalue weighted by molar-refractivity contribution is -0.142. The van der Waals surface area contributed by atoms with Crippen molar-refractivity contribution in [2.45, 2.75) is 19.4 Å². The van der Waals surface area contributed by atoms with Gasteiger partial charge in [-0.1, -0.05) is 47.1 Å². The van der Waals surface area contributed by atoms with E-state index in [-0.39, 0.29) is 6.42 Å². The van der Waals surface area contributed by atoms with E-state index in [4.69, 9.17) is 4.52 Å². The van der Waals surface area contributed by atoms with Crippen LogP contribution in [0.4, 0.5) is 0 Å². The van der Waals surface area contributed by atoms with E-state index in [1.807, 2.05) is 19.1 Å². The third kappa shape index (κ3) is 3.27. The number of carbonyl (C=O) groups excluding carboxylic acids is 1. The van der Waals surface area contributed by atoms with Crippen LogP contribution in [0.1, 0.15) is 22.9 Å². The first-order valence-corrected chi connectivity index (χ1v) is 7.46. The van der Waals surface area contributed by atoms with E-state index in [0.717, 1.165) is 10.9 Å². The molecule has 1 atom stereocenters. The van der Waals surface area contributed by atoms with Crippen LogP contribution in [0.25, 0.3) is 11.0 Å². The number of fused-ring (bicyclic) bond motifs is 1. The van der Waals surface area contributed by atoms with Crippen LogP contribution >= 0.6 is 0 Å². The van der Waals surface area contributed by atoms with Gasteiger partial charge in [0.25, 0.3) is 0 Å². The molecule has 0 aliphatic rings. The Labute approximate surface area is 138 Å². The van der Waals surface area contributed by atoms with Crippen molar-refractivity contribution in [2.24, 2.45) is 0 Å². The van der Waals surface area contributed by atoms with Gasteiger partial charge in [-0.2, -0.15) is 0 Å². The first kappa shape index (κ1) is 15.7. The Hall–Kier alpha value is -3.15. The van der Waals surface area contributed by atoms with Crippen molar-refractivity contribution >= 4 is 22.8 Å². The number of carboxylic acids is 1. The predicted molar refractivity (Wildman–Crippen MR) is 87.4 cm³/mol. The molecule has 1 aromatic heterocycles. The number of benzene rings is 2. The van der Waals surface area contributed by atoms with E-state index in [2.05, 4.69) is 10.5 Å². The maximum absolute atomic E-state index is 12.3. The first-order valence-electron chi connectivity index (χ1n) is 7.46. The quantitative estimate of drug-likeness (QED) is 0.752. The molecule has 0 radical (unpaired) electrons. The molecular formula is C18H16N2O4. The van der Waals surface area contributed by atoms with Gasteiger partial charge in [0.05, 0.1) is 6.42 Å². The lowest BCUT2D eigenvalue weighted by atomic mass is 10.1. The minimum atomic E-state index is -1.12. The topological polar surface area (TPSA) is 92.4 Å². The second-order valence-corrected chi connectivity index (χ2v) is 5.56. The zero-order valence-electron chi connectivity index (χ0n) is 13.0. The number of nitrogens with zero attached hydrogens (tertiary/aromatic N) is 1. The average Bonchev–Trinajstić information content (AvgIpc) is 2.95. The van der Waals surface area contributed by atoms with Crippen molar-refractivity contribution in [1.82, 2.24) is 10.5 Å². The number of rotatable bonds is 5. The van der Waals surface area contributed by atoms with Crippen molar-refractivity contribution in [3.63, 3.8) is 0 Å². The summed E-state index contributed by atoms with van der Waals surface area (Å²) in [5.41, 5.74) is 2.63. The summed E-state index contributed by atoms with van der Waals surface area (Å²) < 4.78 is 5.20. The van der Waals surface area contributed by atoms with Gasteiger partial charge in [0.15, 0.2) is 11.6 Å². The third-order valence-corrected chi connectivity index (χ3v) is 3.71. The van der Waals surface area contributed by atoms with Gasteiger partial charge in [-0.15, -0.1) is 0 Å². The molecule has 0 unspecified atom stereocenters. The maximum Gasteiger partial charge on any atom is 0.330 e. The van der Waals surface area contributed by atoms with Gasteiger partial charge < -0.3 is 14.9 Å². The van der Waals surface area contributed by atoms with E-state index >= 15 is 0 Å². The number of carboxylic acid groups (broad SMARTS) is 1. The number of aromatic nitrogens is 1. The molecule has 2 aromatic carbocycles. The van der Waals surface area contributed by atoms with E-state index in [9.17, 15) is 14.7 Å². The predicted octanol–water partition coefficient (Wildman–Crippen LogP) is 2.62. The van der Waals surface area contributed by atoms with Crippen LogP contribution in [0.15, 0.2) is 53.1 Å². The Balaban J connectivity index is 1.78. The van der Waals surface area contributed by atoms with Crippen LogP contribution in [0, 0.1) is 6.92 Å². The molecule has 3 rings (SSSR count). The second-order valence-electron chi connectivity index (χ2n) is 5.56. The summed E-state index contributed by atoms with van der Waals surface area (Å²) in [4.78, 5) is 23.7. The number of aryl methyl sites for hydroxylation is 1. The fraction of sp³-hybridized carbons (Fsp3) is 0.167. The highest BCUT2D eigenvalue weighted by molar-refractivity contribution is 5.89. The summed E-state index contributed by atoms with van der Waals surface area (Å²) in [5, 5.41) is 16.6. The molecule has 2 N–H and O–H groups in total. The Morgan fingerprint density at radius 3 is 2.67 bits per heavy atom. The third-order valence-electron chi connectivity index (χ3n) is 3.71. The Morgan fingerprint density at radius 2 is 1.96 bits per heavy atom. The molecule has 6 heteroatoms. The average molecular weight is 324 g/mol. The molecule has 1 amide bonds. The van der Waals surface area contributed by atoms with E-state index < -0.39 is 17.9 Å². The van der Waals surface area contributed by atoms with E-state index in [1.165, 1.54) is 0 Å². The number of carbonyl (C=O) groups is 2. The van der Waals surface area contributed by atoms with Crippen molar-refractivity contribution in [1.29, 1.82) is 0 Å². The van der Waals surface area contributed by atoms with Gasteiger partial charge in [-0.25, -0.2) is 4.79 Å². The molecule has 0 fully saturated rings.